The van der Waals surface area contributed by atoms with Crippen molar-refractivity contribution < 1.29 is 23.4 Å². The Kier molecular flexibility index (Phi) is 10.4. The van der Waals surface area contributed by atoms with Gasteiger partial charge < -0.3 is 23.4 Å². The second-order valence-corrected chi connectivity index (χ2v) is 19.7. The fourth-order valence-electron chi connectivity index (χ4n) is 2.15. The summed E-state index contributed by atoms with van der Waals surface area (Å²) in [4.78, 5) is 0. The molecule has 0 fully saturated rings. The molecule has 0 saturated heterocycles. The lowest BCUT2D eigenvalue weighted by atomic mass is 10.2. The van der Waals surface area contributed by atoms with Gasteiger partial charge in [-0.15, -0.1) is 0 Å². The van der Waals surface area contributed by atoms with E-state index in [2.05, 4.69) is 67.7 Å². The Morgan fingerprint density at radius 3 is 1.41 bits per heavy atom. The molecule has 0 aromatic rings. The summed E-state index contributed by atoms with van der Waals surface area (Å²) >= 11 is 0. The third-order valence-corrected chi connectivity index (χ3v) is 14.9. The maximum absolute atomic E-state index is 10.2. The van der Waals surface area contributed by atoms with E-state index >= 15 is 0 Å². The molecule has 164 valence electrons. The van der Waals surface area contributed by atoms with Gasteiger partial charge in [0, 0.05) is 13.2 Å². The highest BCUT2D eigenvalue weighted by atomic mass is 28.4. The lowest BCUT2D eigenvalue weighted by Crippen LogP contribution is -2.57. The third-order valence-electron chi connectivity index (χ3n) is 5.97. The molecule has 0 rings (SSSR count). The summed E-state index contributed by atoms with van der Waals surface area (Å²) in [6.07, 6.45) is -1.51. The third kappa shape index (κ3) is 7.87. The van der Waals surface area contributed by atoms with E-state index in [4.69, 9.17) is 18.3 Å². The minimum Gasteiger partial charge on any atom is -0.409 e. The molecule has 7 heteroatoms. The molecule has 0 radical (unpaired) electrons. The fourth-order valence-corrected chi connectivity index (χ4v) is 4.77. The van der Waals surface area contributed by atoms with Crippen molar-refractivity contribution in [1.82, 2.24) is 0 Å². The van der Waals surface area contributed by atoms with Gasteiger partial charge in [-0.1, -0.05) is 41.5 Å². The molecule has 0 aliphatic rings. The molecule has 0 aromatic carbocycles. The normalized spacial score (nSPS) is 16.7. The van der Waals surface area contributed by atoms with Gasteiger partial charge in [0.1, 0.15) is 6.10 Å². The number of ether oxygens (including phenoxy) is 2. The van der Waals surface area contributed by atoms with Gasteiger partial charge in [0.2, 0.25) is 0 Å². The Morgan fingerprint density at radius 1 is 0.741 bits per heavy atom. The highest BCUT2D eigenvalue weighted by Gasteiger charge is 2.47. The molecule has 0 amide bonds. The van der Waals surface area contributed by atoms with Crippen molar-refractivity contribution in [3.05, 3.63) is 0 Å². The average Bonchev–Trinajstić information content (AvgIpc) is 2.48. The van der Waals surface area contributed by atoms with Gasteiger partial charge in [-0.05, 0) is 50.1 Å². The lowest BCUT2D eigenvalue weighted by Gasteiger charge is -2.46. The van der Waals surface area contributed by atoms with E-state index in [1.54, 1.807) is 0 Å². The minimum atomic E-state index is -2.12. The zero-order valence-electron chi connectivity index (χ0n) is 19.9. The van der Waals surface area contributed by atoms with Crippen LogP contribution in [-0.4, -0.2) is 60.1 Å². The van der Waals surface area contributed by atoms with Gasteiger partial charge in [0.25, 0.3) is 0 Å². The molecule has 5 nitrogen and oxygen atoms in total. The summed E-state index contributed by atoms with van der Waals surface area (Å²) in [7, 11) is -4.23. The summed E-state index contributed by atoms with van der Waals surface area (Å²) in [6, 6.07) is 0. The summed E-state index contributed by atoms with van der Waals surface area (Å²) < 4.78 is 25.0. The summed E-state index contributed by atoms with van der Waals surface area (Å²) in [5, 5.41) is 10.3. The van der Waals surface area contributed by atoms with Crippen molar-refractivity contribution in [2.24, 2.45) is 0 Å². The van der Waals surface area contributed by atoms with Crippen LogP contribution in [-0.2, 0) is 18.3 Å². The molecular weight excluding hydrogens is 376 g/mol. The van der Waals surface area contributed by atoms with Gasteiger partial charge in [-0.25, -0.2) is 0 Å². The molecule has 0 heterocycles. The van der Waals surface area contributed by atoms with Gasteiger partial charge in [0.05, 0.1) is 12.7 Å². The maximum Gasteiger partial charge on any atom is 0.192 e. The van der Waals surface area contributed by atoms with Crippen LogP contribution in [0.5, 0.6) is 0 Å². The first-order valence-electron chi connectivity index (χ1n) is 10.2. The molecule has 0 spiro atoms. The number of aliphatic hydroxyl groups is 1. The molecule has 0 unspecified atom stereocenters. The zero-order valence-corrected chi connectivity index (χ0v) is 21.9. The monoisotopic (exact) mass is 422 g/mol. The van der Waals surface area contributed by atoms with Crippen LogP contribution in [0.25, 0.3) is 0 Å². The van der Waals surface area contributed by atoms with Crippen molar-refractivity contribution in [2.75, 3.05) is 19.8 Å². The van der Waals surface area contributed by atoms with Crippen molar-refractivity contribution in [3.63, 3.8) is 0 Å². The number of aliphatic hydroxyl groups excluding tert-OH is 1. The maximum atomic E-state index is 10.2. The Labute approximate surface area is 170 Å². The Morgan fingerprint density at radius 2 is 1.11 bits per heavy atom. The van der Waals surface area contributed by atoms with Crippen molar-refractivity contribution >= 4 is 16.6 Å². The van der Waals surface area contributed by atoms with Gasteiger partial charge in [-0.2, -0.15) is 0 Å². The van der Waals surface area contributed by atoms with Gasteiger partial charge in [-0.3, -0.25) is 0 Å². The predicted octanol–water partition coefficient (Wildman–Crippen LogP) is 5.16. The molecule has 0 saturated carbocycles. The average molecular weight is 423 g/mol. The molecule has 0 aromatic heterocycles. The molecule has 0 aliphatic carbocycles. The van der Waals surface area contributed by atoms with Gasteiger partial charge >= 0.3 is 0 Å². The first-order valence-corrected chi connectivity index (χ1v) is 16.1. The standard InChI is InChI=1S/C20H46O5Si2/c1-13-22-18(23-14-2)17(25-27(11,12)20(6,7)8)16(15-21)24-26(9,10)19(3,4)5/h16-18,21H,13-15H2,1-12H3/t16-,17+/m0/s1. The predicted molar refractivity (Wildman–Crippen MR) is 118 cm³/mol. The van der Waals surface area contributed by atoms with E-state index in [-0.39, 0.29) is 16.7 Å². The van der Waals surface area contributed by atoms with Gasteiger partial charge in [0.15, 0.2) is 22.9 Å². The number of rotatable bonds is 11. The summed E-state index contributed by atoms with van der Waals surface area (Å²) in [5.41, 5.74) is 0. The Balaban J connectivity index is 5.90. The zero-order chi connectivity index (χ0) is 21.7. The quantitative estimate of drug-likeness (QED) is 0.368. The highest BCUT2D eigenvalue weighted by molar-refractivity contribution is 6.74. The van der Waals surface area contributed by atoms with E-state index in [0.717, 1.165) is 0 Å². The highest BCUT2D eigenvalue weighted by Crippen LogP contribution is 2.41. The lowest BCUT2D eigenvalue weighted by molar-refractivity contribution is -0.208. The van der Waals surface area contributed by atoms with E-state index < -0.39 is 35.1 Å². The van der Waals surface area contributed by atoms with Crippen molar-refractivity contribution in [2.45, 2.75) is 110 Å². The second kappa shape index (κ2) is 10.3. The Bertz CT molecular complexity index is 421. The molecule has 0 bridgehead atoms. The number of hydrogen-bond acceptors (Lipinski definition) is 5. The number of hydrogen-bond donors (Lipinski definition) is 1. The van der Waals surface area contributed by atoms with Crippen LogP contribution >= 0.6 is 0 Å². The van der Waals surface area contributed by atoms with E-state index in [1.165, 1.54) is 0 Å². The second-order valence-electron chi connectivity index (χ2n) is 10.2. The van der Waals surface area contributed by atoms with Crippen LogP contribution in [0.2, 0.25) is 36.3 Å². The summed E-state index contributed by atoms with van der Waals surface area (Å²) in [6.45, 7) is 26.8. The first-order chi connectivity index (χ1) is 12.0. The van der Waals surface area contributed by atoms with Crippen LogP contribution in [0.1, 0.15) is 55.4 Å². The smallest absolute Gasteiger partial charge is 0.192 e. The van der Waals surface area contributed by atoms with E-state index in [9.17, 15) is 5.11 Å². The molecule has 27 heavy (non-hydrogen) atoms. The largest absolute Gasteiger partial charge is 0.409 e. The van der Waals surface area contributed by atoms with Crippen LogP contribution in [0.15, 0.2) is 0 Å². The Hall–Kier alpha value is 0.234. The topological polar surface area (TPSA) is 57.2 Å². The fraction of sp³-hybridized carbons (Fsp3) is 1.00. The van der Waals surface area contributed by atoms with Crippen LogP contribution < -0.4 is 0 Å². The summed E-state index contributed by atoms with van der Waals surface area (Å²) in [5.74, 6) is 0. The first kappa shape index (κ1) is 27.2. The van der Waals surface area contributed by atoms with Crippen LogP contribution in [0.3, 0.4) is 0 Å². The molecule has 0 aliphatic heterocycles. The molecule has 1 N–H and O–H groups in total. The van der Waals surface area contributed by atoms with E-state index in [0.29, 0.717) is 13.2 Å². The minimum absolute atomic E-state index is 0.0329. The van der Waals surface area contributed by atoms with E-state index in [1.807, 2.05) is 13.8 Å². The molecular formula is C20H46O5Si2. The SMILES string of the molecule is CCOC(OCC)[C@H](O[Si](C)(C)C(C)(C)C)[C@H](CO)O[Si](C)(C)C(C)(C)C. The van der Waals surface area contributed by atoms with Crippen molar-refractivity contribution in [3.8, 4) is 0 Å². The van der Waals surface area contributed by atoms with Crippen LogP contribution in [0.4, 0.5) is 0 Å². The van der Waals surface area contributed by atoms with Crippen molar-refractivity contribution in [1.29, 1.82) is 0 Å². The van der Waals surface area contributed by atoms with Crippen LogP contribution in [0, 0.1) is 0 Å². The molecule has 2 atom stereocenters.